The summed E-state index contributed by atoms with van der Waals surface area (Å²) in [5.41, 5.74) is 0.973. The molecule has 31 heavy (non-hydrogen) atoms. The predicted octanol–water partition coefficient (Wildman–Crippen LogP) is 2.16. The minimum atomic E-state index is -4.39. The van der Waals surface area contributed by atoms with Crippen LogP contribution in [0.1, 0.15) is 5.56 Å². The van der Waals surface area contributed by atoms with Gasteiger partial charge in [-0.05, 0) is 42.5 Å². The Bertz CT molecular complexity index is 1180. The highest BCUT2D eigenvalue weighted by molar-refractivity contribution is 6.39. The summed E-state index contributed by atoms with van der Waals surface area (Å²) in [6.45, 7) is 1.30. The zero-order valence-corrected chi connectivity index (χ0v) is 16.1. The topological polar surface area (TPSA) is 101 Å². The van der Waals surface area contributed by atoms with Crippen LogP contribution in [0.2, 0.25) is 0 Å². The van der Waals surface area contributed by atoms with E-state index >= 15 is 0 Å². The van der Waals surface area contributed by atoms with E-state index in [1.54, 1.807) is 18.2 Å². The fraction of sp³-hybridized carbons (Fsp3) is 0.250. The molecule has 1 saturated heterocycles. The molecule has 0 spiro atoms. The zero-order chi connectivity index (χ0) is 22.2. The number of H-pyrrole nitrogens is 2. The molecule has 1 fully saturated rings. The van der Waals surface area contributed by atoms with Crippen molar-refractivity contribution in [3.8, 4) is 0 Å². The molecule has 2 aromatic carbocycles. The molecule has 11 heteroatoms. The Morgan fingerprint density at radius 3 is 2.19 bits per heavy atom. The van der Waals surface area contributed by atoms with E-state index in [4.69, 9.17) is 0 Å². The molecular formula is C20H18F3N5O3. The number of nitrogens with one attached hydrogen (secondary N) is 3. The lowest BCUT2D eigenvalue weighted by atomic mass is 10.1. The lowest BCUT2D eigenvalue weighted by molar-refractivity contribution is -0.143. The molecular weight excluding hydrogens is 415 g/mol. The van der Waals surface area contributed by atoms with Crippen LogP contribution in [0.3, 0.4) is 0 Å². The lowest BCUT2D eigenvalue weighted by Gasteiger charge is -2.35. The normalized spacial score (nSPS) is 14.7. The van der Waals surface area contributed by atoms with Gasteiger partial charge in [-0.1, -0.05) is 0 Å². The number of benzene rings is 2. The summed E-state index contributed by atoms with van der Waals surface area (Å²) in [5.74, 6) is -1.50. The van der Waals surface area contributed by atoms with E-state index in [0.29, 0.717) is 35.5 Å². The molecule has 4 rings (SSSR count). The number of alkyl halides is 3. The van der Waals surface area contributed by atoms with Gasteiger partial charge in [0.05, 0.1) is 16.6 Å². The van der Waals surface area contributed by atoms with E-state index in [-0.39, 0.29) is 18.8 Å². The third-order valence-corrected chi connectivity index (χ3v) is 5.09. The Morgan fingerprint density at radius 1 is 0.903 bits per heavy atom. The van der Waals surface area contributed by atoms with Gasteiger partial charge in [0.1, 0.15) is 0 Å². The summed E-state index contributed by atoms with van der Waals surface area (Å²) >= 11 is 0. The van der Waals surface area contributed by atoms with Crippen LogP contribution in [0.4, 0.5) is 24.5 Å². The Kier molecular flexibility index (Phi) is 5.17. The van der Waals surface area contributed by atoms with E-state index in [1.165, 1.54) is 17.0 Å². The van der Waals surface area contributed by atoms with Gasteiger partial charge in [0, 0.05) is 37.6 Å². The summed E-state index contributed by atoms with van der Waals surface area (Å²) in [4.78, 5) is 44.5. The summed E-state index contributed by atoms with van der Waals surface area (Å²) in [6.07, 6.45) is -4.39. The highest BCUT2D eigenvalue weighted by Gasteiger charge is 2.31. The number of hydrogen-bond acceptors (Lipinski definition) is 4. The molecule has 2 heterocycles. The number of piperazine rings is 1. The second-order valence-electron chi connectivity index (χ2n) is 7.12. The molecule has 1 aromatic heterocycles. The standard InChI is InChI=1S/C20H18F3N5O3/c21-20(22,23)12-1-4-14(5-2-12)27-7-9-28(10-8-27)18(30)17(29)24-13-3-6-15-16(11-13)26-19(31)25-15/h1-6,11H,7-10H2,(H,24,29)(H2,25,26,31). The molecule has 0 radical (unpaired) electrons. The first-order valence-corrected chi connectivity index (χ1v) is 9.45. The number of aromatic amines is 2. The van der Waals surface area contributed by atoms with Crippen LogP contribution >= 0.6 is 0 Å². The van der Waals surface area contributed by atoms with E-state index < -0.39 is 23.6 Å². The molecule has 1 aliphatic rings. The van der Waals surface area contributed by atoms with Crippen molar-refractivity contribution in [2.24, 2.45) is 0 Å². The lowest BCUT2D eigenvalue weighted by Crippen LogP contribution is -2.51. The van der Waals surface area contributed by atoms with Crippen molar-refractivity contribution in [3.63, 3.8) is 0 Å². The summed E-state index contributed by atoms with van der Waals surface area (Å²) in [6, 6.07) is 9.56. The molecule has 1 aliphatic heterocycles. The van der Waals surface area contributed by atoms with Crippen molar-refractivity contribution in [1.29, 1.82) is 0 Å². The Balaban J connectivity index is 1.34. The maximum Gasteiger partial charge on any atom is 0.416 e. The van der Waals surface area contributed by atoms with Gasteiger partial charge in [0.15, 0.2) is 0 Å². The van der Waals surface area contributed by atoms with E-state index in [2.05, 4.69) is 15.3 Å². The third-order valence-electron chi connectivity index (χ3n) is 5.09. The maximum atomic E-state index is 12.7. The van der Waals surface area contributed by atoms with Gasteiger partial charge in [-0.2, -0.15) is 13.2 Å². The van der Waals surface area contributed by atoms with Gasteiger partial charge in [0.25, 0.3) is 0 Å². The van der Waals surface area contributed by atoms with Gasteiger partial charge in [-0.3, -0.25) is 9.59 Å². The quantitative estimate of drug-likeness (QED) is 0.539. The molecule has 0 unspecified atom stereocenters. The molecule has 3 N–H and O–H groups in total. The smallest absolute Gasteiger partial charge is 0.368 e. The van der Waals surface area contributed by atoms with Crippen LogP contribution in [0.25, 0.3) is 11.0 Å². The van der Waals surface area contributed by atoms with Gasteiger partial charge >= 0.3 is 23.7 Å². The molecule has 0 saturated carbocycles. The number of anilines is 2. The number of nitrogens with zero attached hydrogens (tertiary/aromatic N) is 2. The number of carbonyl (C=O) groups excluding carboxylic acids is 2. The first-order valence-electron chi connectivity index (χ1n) is 9.45. The zero-order valence-electron chi connectivity index (χ0n) is 16.1. The second-order valence-corrected chi connectivity index (χ2v) is 7.12. The number of fused-ring (bicyclic) bond motifs is 1. The monoisotopic (exact) mass is 433 g/mol. The summed E-state index contributed by atoms with van der Waals surface area (Å²) in [5, 5.41) is 2.52. The second kappa shape index (κ2) is 7.82. The number of imidazole rings is 1. The summed E-state index contributed by atoms with van der Waals surface area (Å²) in [7, 11) is 0. The highest BCUT2D eigenvalue weighted by atomic mass is 19.4. The van der Waals surface area contributed by atoms with E-state index in [0.717, 1.165) is 12.1 Å². The SMILES string of the molecule is O=C(Nc1ccc2[nH]c(=O)[nH]c2c1)C(=O)N1CCN(c2ccc(C(F)(F)F)cc2)CC1. The number of halogens is 3. The third kappa shape index (κ3) is 4.39. The molecule has 2 amide bonds. The Morgan fingerprint density at radius 2 is 1.55 bits per heavy atom. The van der Waals surface area contributed by atoms with Crippen LogP contribution in [0, 0.1) is 0 Å². The van der Waals surface area contributed by atoms with Crippen molar-refractivity contribution in [2.45, 2.75) is 6.18 Å². The van der Waals surface area contributed by atoms with Gasteiger partial charge in [-0.25, -0.2) is 4.79 Å². The van der Waals surface area contributed by atoms with Gasteiger partial charge in [-0.15, -0.1) is 0 Å². The largest absolute Gasteiger partial charge is 0.416 e. The predicted molar refractivity (Wildman–Crippen MR) is 108 cm³/mol. The number of carbonyl (C=O) groups is 2. The minimum absolute atomic E-state index is 0.261. The summed E-state index contributed by atoms with van der Waals surface area (Å²) < 4.78 is 38.1. The number of rotatable bonds is 2. The van der Waals surface area contributed by atoms with Crippen molar-refractivity contribution in [3.05, 3.63) is 58.5 Å². The van der Waals surface area contributed by atoms with Gasteiger partial charge < -0.3 is 25.1 Å². The molecule has 8 nitrogen and oxygen atoms in total. The van der Waals surface area contributed by atoms with Crippen molar-refractivity contribution in [2.75, 3.05) is 36.4 Å². The fourth-order valence-corrected chi connectivity index (χ4v) is 3.47. The fourth-order valence-electron chi connectivity index (χ4n) is 3.47. The van der Waals surface area contributed by atoms with Crippen LogP contribution in [-0.4, -0.2) is 52.9 Å². The maximum absolute atomic E-state index is 12.7. The molecule has 3 aromatic rings. The van der Waals surface area contributed by atoms with Crippen molar-refractivity contribution in [1.82, 2.24) is 14.9 Å². The first-order chi connectivity index (χ1) is 14.7. The van der Waals surface area contributed by atoms with Gasteiger partial charge in [0.2, 0.25) is 0 Å². The van der Waals surface area contributed by atoms with Crippen LogP contribution in [0.15, 0.2) is 47.3 Å². The highest BCUT2D eigenvalue weighted by Crippen LogP contribution is 2.30. The van der Waals surface area contributed by atoms with E-state index in [1.807, 2.05) is 4.90 Å². The average molecular weight is 433 g/mol. The molecule has 0 aliphatic carbocycles. The van der Waals surface area contributed by atoms with Crippen LogP contribution in [0.5, 0.6) is 0 Å². The Labute approximate surface area is 173 Å². The Hall–Kier alpha value is -3.76. The average Bonchev–Trinajstić information content (AvgIpc) is 3.12. The molecule has 0 bridgehead atoms. The number of aromatic nitrogens is 2. The van der Waals surface area contributed by atoms with Crippen LogP contribution < -0.4 is 15.9 Å². The van der Waals surface area contributed by atoms with Crippen molar-refractivity contribution >= 4 is 34.2 Å². The number of hydrogen-bond donors (Lipinski definition) is 3. The minimum Gasteiger partial charge on any atom is -0.368 e. The van der Waals surface area contributed by atoms with Crippen molar-refractivity contribution < 1.29 is 22.8 Å². The van der Waals surface area contributed by atoms with Crippen LogP contribution in [-0.2, 0) is 15.8 Å². The van der Waals surface area contributed by atoms with E-state index in [9.17, 15) is 27.6 Å². The number of amides is 2. The molecule has 162 valence electrons. The first kappa shape index (κ1) is 20.5. The molecule has 0 atom stereocenters.